The van der Waals surface area contributed by atoms with E-state index in [1.165, 1.54) is 37.5 Å². The number of nitrogens with zero attached hydrogens (tertiary/aromatic N) is 4. The van der Waals surface area contributed by atoms with Crippen LogP contribution in [0.3, 0.4) is 0 Å². The normalized spacial score (nSPS) is 14.1. The first-order chi connectivity index (χ1) is 14.7. The van der Waals surface area contributed by atoms with Gasteiger partial charge in [0.15, 0.2) is 0 Å². The Morgan fingerprint density at radius 2 is 1.84 bits per heavy atom. The van der Waals surface area contributed by atoms with Crippen molar-refractivity contribution in [3.63, 3.8) is 0 Å². The standard InChI is InChI=1S/C16H16F3N3O.C5H7N3.2H2/c17-16(18,19)13-6-3-9-22(15(13)23)12-7-8-14(20-10-12)21-11-4-1-2-5-11;1-4-2-8-5(6)3-7-4;;/h3,6-11H,1-2,4-5H2,(H,20,21);2-3H,1H3,(H2,6,8);2*1H. The summed E-state index contributed by atoms with van der Waals surface area (Å²) in [6.07, 6.45) is 5.78. The minimum Gasteiger partial charge on any atom is -0.382 e. The van der Waals surface area contributed by atoms with Crippen molar-refractivity contribution in [3.05, 3.63) is 70.7 Å². The van der Waals surface area contributed by atoms with Gasteiger partial charge in [-0.15, -0.1) is 0 Å². The van der Waals surface area contributed by atoms with Crippen LogP contribution in [0.5, 0.6) is 0 Å². The molecular weight excluding hydrogens is 409 g/mol. The van der Waals surface area contributed by atoms with E-state index in [1.807, 2.05) is 6.92 Å². The molecule has 1 aliphatic rings. The number of nitrogens with one attached hydrogen (secondary N) is 1. The summed E-state index contributed by atoms with van der Waals surface area (Å²) in [4.78, 5) is 23.9. The molecule has 0 amide bonds. The number of hydrogen-bond acceptors (Lipinski definition) is 6. The quantitative estimate of drug-likeness (QED) is 0.629. The number of anilines is 2. The van der Waals surface area contributed by atoms with Crippen molar-refractivity contribution >= 4 is 11.6 Å². The first-order valence-corrected chi connectivity index (χ1v) is 9.80. The molecule has 3 aromatic rings. The second-order valence-corrected chi connectivity index (χ2v) is 7.20. The topological polar surface area (TPSA) is 98.7 Å². The highest BCUT2D eigenvalue weighted by atomic mass is 19.4. The number of aromatic nitrogens is 4. The van der Waals surface area contributed by atoms with Gasteiger partial charge in [0.1, 0.15) is 17.2 Å². The smallest absolute Gasteiger partial charge is 0.382 e. The van der Waals surface area contributed by atoms with Gasteiger partial charge in [-0.25, -0.2) is 9.97 Å². The SMILES string of the molecule is Cc1cnc(N)cn1.O=c1c(C(F)(F)F)cccn1-c1ccc(NC2CCCC2)nc1.[HH].[HH]. The number of halogens is 3. The molecule has 4 rings (SSSR count). The highest BCUT2D eigenvalue weighted by Crippen LogP contribution is 2.26. The molecule has 10 heteroatoms. The molecule has 31 heavy (non-hydrogen) atoms. The van der Waals surface area contributed by atoms with Crippen LogP contribution in [0.1, 0.15) is 39.8 Å². The maximum absolute atomic E-state index is 12.8. The molecule has 1 aliphatic carbocycles. The Hall–Kier alpha value is -3.43. The third kappa shape index (κ3) is 6.03. The molecule has 3 heterocycles. The van der Waals surface area contributed by atoms with Crippen LogP contribution in [-0.2, 0) is 6.18 Å². The van der Waals surface area contributed by atoms with Crippen LogP contribution in [0, 0.1) is 6.92 Å². The number of hydrogen-bond donors (Lipinski definition) is 2. The van der Waals surface area contributed by atoms with Crippen LogP contribution < -0.4 is 16.6 Å². The summed E-state index contributed by atoms with van der Waals surface area (Å²) >= 11 is 0. The van der Waals surface area contributed by atoms with Crippen molar-refractivity contribution in [2.45, 2.75) is 44.8 Å². The Labute approximate surface area is 180 Å². The van der Waals surface area contributed by atoms with Crippen molar-refractivity contribution in [3.8, 4) is 5.69 Å². The monoisotopic (exact) mass is 436 g/mol. The maximum Gasteiger partial charge on any atom is 0.421 e. The minimum absolute atomic E-state index is 0. The lowest BCUT2D eigenvalue weighted by atomic mass is 10.2. The van der Waals surface area contributed by atoms with Gasteiger partial charge in [0, 0.05) is 15.1 Å². The van der Waals surface area contributed by atoms with E-state index in [2.05, 4.69) is 20.3 Å². The molecule has 0 saturated heterocycles. The number of nitrogen functional groups attached to an aromatic ring is 1. The molecular formula is C21H27F3N6O. The number of aryl methyl sites for hydroxylation is 1. The Bertz CT molecular complexity index is 1030. The predicted octanol–water partition coefficient (Wildman–Crippen LogP) is 4.47. The summed E-state index contributed by atoms with van der Waals surface area (Å²) in [7, 11) is 0. The van der Waals surface area contributed by atoms with Crippen LogP contribution >= 0.6 is 0 Å². The van der Waals surface area contributed by atoms with Crippen molar-refractivity contribution < 1.29 is 16.0 Å². The first-order valence-electron chi connectivity index (χ1n) is 9.80. The van der Waals surface area contributed by atoms with Crippen LogP contribution in [0.15, 0.2) is 53.8 Å². The van der Waals surface area contributed by atoms with E-state index in [-0.39, 0.29) is 2.85 Å². The molecule has 0 aliphatic heterocycles. The molecule has 0 spiro atoms. The molecule has 0 aromatic carbocycles. The summed E-state index contributed by atoms with van der Waals surface area (Å²) in [6.45, 7) is 1.87. The van der Waals surface area contributed by atoms with E-state index in [4.69, 9.17) is 5.73 Å². The predicted molar refractivity (Wildman–Crippen MR) is 116 cm³/mol. The number of pyridine rings is 2. The van der Waals surface area contributed by atoms with Gasteiger partial charge in [-0.1, -0.05) is 12.8 Å². The highest BCUT2D eigenvalue weighted by Gasteiger charge is 2.34. The number of nitrogens with two attached hydrogens (primary N) is 1. The van der Waals surface area contributed by atoms with Crippen molar-refractivity contribution in [2.24, 2.45) is 0 Å². The Morgan fingerprint density at radius 1 is 1.10 bits per heavy atom. The van der Waals surface area contributed by atoms with Gasteiger partial charge in [0.25, 0.3) is 5.56 Å². The molecule has 3 aromatic heterocycles. The van der Waals surface area contributed by atoms with E-state index in [9.17, 15) is 18.0 Å². The Balaban J connectivity index is 0.000000465. The average molecular weight is 436 g/mol. The molecule has 0 bridgehead atoms. The molecule has 1 saturated carbocycles. The molecule has 0 atom stereocenters. The average Bonchev–Trinajstić information content (AvgIpc) is 3.24. The van der Waals surface area contributed by atoms with Crippen LogP contribution in [0.2, 0.25) is 0 Å². The van der Waals surface area contributed by atoms with Crippen LogP contribution in [0.4, 0.5) is 24.8 Å². The molecule has 3 N–H and O–H groups in total. The number of alkyl halides is 3. The second-order valence-electron chi connectivity index (χ2n) is 7.20. The summed E-state index contributed by atoms with van der Waals surface area (Å²) in [5, 5.41) is 3.29. The molecule has 7 nitrogen and oxygen atoms in total. The Morgan fingerprint density at radius 3 is 2.39 bits per heavy atom. The zero-order valence-corrected chi connectivity index (χ0v) is 16.9. The third-order valence-electron chi connectivity index (χ3n) is 4.79. The van der Waals surface area contributed by atoms with E-state index in [0.29, 0.717) is 23.4 Å². The fourth-order valence-electron chi connectivity index (χ4n) is 3.21. The van der Waals surface area contributed by atoms with Gasteiger partial charge in [-0.2, -0.15) is 13.2 Å². The second kappa shape index (κ2) is 9.59. The summed E-state index contributed by atoms with van der Waals surface area (Å²) in [5.74, 6) is 1.14. The highest BCUT2D eigenvalue weighted by molar-refractivity contribution is 5.42. The fraction of sp³-hybridized carbons (Fsp3) is 0.333. The van der Waals surface area contributed by atoms with Crippen molar-refractivity contribution in [1.82, 2.24) is 19.5 Å². The van der Waals surface area contributed by atoms with Gasteiger partial charge in [0.05, 0.1) is 30.0 Å². The summed E-state index contributed by atoms with van der Waals surface area (Å²) < 4.78 is 39.3. The van der Waals surface area contributed by atoms with Crippen molar-refractivity contribution in [2.75, 3.05) is 11.1 Å². The third-order valence-corrected chi connectivity index (χ3v) is 4.79. The Kier molecular flexibility index (Phi) is 6.88. The van der Waals surface area contributed by atoms with Gasteiger partial charge < -0.3 is 11.1 Å². The van der Waals surface area contributed by atoms with E-state index in [0.717, 1.165) is 29.2 Å². The largest absolute Gasteiger partial charge is 0.421 e. The summed E-state index contributed by atoms with van der Waals surface area (Å²) in [6, 6.07) is 5.65. The minimum atomic E-state index is -4.67. The van der Waals surface area contributed by atoms with Gasteiger partial charge >= 0.3 is 6.18 Å². The van der Waals surface area contributed by atoms with Gasteiger partial charge in [-0.05, 0) is 44.0 Å². The van der Waals surface area contributed by atoms with Gasteiger partial charge in [0.2, 0.25) is 0 Å². The van der Waals surface area contributed by atoms with E-state index < -0.39 is 17.3 Å². The lowest BCUT2D eigenvalue weighted by Gasteiger charge is -2.13. The molecule has 1 fully saturated rings. The molecule has 0 radical (unpaired) electrons. The van der Waals surface area contributed by atoms with E-state index in [1.54, 1.807) is 18.3 Å². The lowest BCUT2D eigenvalue weighted by Crippen LogP contribution is -2.27. The van der Waals surface area contributed by atoms with Crippen LogP contribution in [0.25, 0.3) is 5.69 Å². The summed E-state index contributed by atoms with van der Waals surface area (Å²) in [5.41, 5.74) is 4.16. The molecule has 0 unspecified atom stereocenters. The fourth-order valence-corrected chi connectivity index (χ4v) is 3.21. The zero-order chi connectivity index (χ0) is 22.4. The van der Waals surface area contributed by atoms with Gasteiger partial charge in [-0.3, -0.25) is 14.3 Å². The van der Waals surface area contributed by atoms with Crippen LogP contribution in [-0.4, -0.2) is 25.6 Å². The maximum atomic E-state index is 12.8. The van der Waals surface area contributed by atoms with Crippen molar-refractivity contribution in [1.29, 1.82) is 0 Å². The first kappa shape index (κ1) is 22.3. The zero-order valence-electron chi connectivity index (χ0n) is 16.9. The molecule has 168 valence electrons. The number of rotatable bonds is 3. The lowest BCUT2D eigenvalue weighted by molar-refractivity contribution is -0.138. The van der Waals surface area contributed by atoms with E-state index >= 15 is 0 Å².